The molecule has 0 N–H and O–H groups in total. The molecule has 0 amide bonds. The minimum absolute atomic E-state index is 0.0881. The Morgan fingerprint density at radius 3 is 2.25 bits per heavy atom. The van der Waals surface area contributed by atoms with E-state index >= 15 is 0 Å². The molecule has 0 heterocycles. The number of hydrogen-bond donors (Lipinski definition) is 0. The average Bonchev–Trinajstić information content (AvgIpc) is 1.96. The fourth-order valence-corrected chi connectivity index (χ4v) is 0.879. The summed E-state index contributed by atoms with van der Waals surface area (Å²) in [4.78, 5) is 12.5. The lowest BCUT2D eigenvalue weighted by molar-refractivity contribution is 0.560. The molecule has 62 valence electrons. The van der Waals surface area contributed by atoms with Gasteiger partial charge < -0.3 is 0 Å². The van der Waals surface area contributed by atoms with E-state index in [-0.39, 0.29) is 5.02 Å². The van der Waals surface area contributed by atoms with Crippen molar-refractivity contribution in [1.29, 1.82) is 0 Å². The molecule has 0 aliphatic rings. The molecule has 0 radical (unpaired) electrons. The van der Waals surface area contributed by atoms with Crippen LogP contribution in [-0.2, 0) is 4.79 Å². The van der Waals surface area contributed by atoms with Crippen LogP contribution in [0.1, 0.15) is 0 Å². The van der Waals surface area contributed by atoms with Gasteiger partial charge in [-0.25, -0.2) is 13.6 Å². The van der Waals surface area contributed by atoms with E-state index in [4.69, 9.17) is 11.6 Å². The Balaban J connectivity index is 3.37. The summed E-state index contributed by atoms with van der Waals surface area (Å²) < 4.78 is 25.4. The second-order valence-corrected chi connectivity index (χ2v) is 2.36. The number of nitrogens with zero attached hydrogens (tertiary/aromatic N) is 1. The summed E-state index contributed by atoms with van der Waals surface area (Å²) >= 11 is 5.30. The molecule has 0 unspecified atom stereocenters. The molecule has 1 rings (SSSR count). The molecular weight excluding hydrogens is 188 g/mol. The van der Waals surface area contributed by atoms with Crippen LogP contribution in [0.3, 0.4) is 0 Å². The highest BCUT2D eigenvalue weighted by Gasteiger charge is 2.08. The maximum Gasteiger partial charge on any atom is 0.240 e. The molecular formula is C7H2ClF2NO. The number of rotatable bonds is 1. The number of hydrogen-bond acceptors (Lipinski definition) is 2. The van der Waals surface area contributed by atoms with Crippen LogP contribution in [0, 0.1) is 11.6 Å². The monoisotopic (exact) mass is 189 g/mol. The lowest BCUT2D eigenvalue weighted by Gasteiger charge is -1.96. The zero-order valence-electron chi connectivity index (χ0n) is 5.64. The molecule has 0 aromatic heterocycles. The molecule has 12 heavy (non-hydrogen) atoms. The van der Waals surface area contributed by atoms with Crippen molar-refractivity contribution in [2.24, 2.45) is 4.99 Å². The third-order valence-corrected chi connectivity index (χ3v) is 1.36. The topological polar surface area (TPSA) is 29.4 Å². The van der Waals surface area contributed by atoms with E-state index in [1.807, 2.05) is 0 Å². The lowest BCUT2D eigenvalue weighted by Crippen LogP contribution is -1.82. The van der Waals surface area contributed by atoms with E-state index in [2.05, 4.69) is 4.99 Å². The van der Waals surface area contributed by atoms with Gasteiger partial charge in [0.25, 0.3) is 0 Å². The summed E-state index contributed by atoms with van der Waals surface area (Å²) in [5.41, 5.74) is -0.672. The molecule has 0 fully saturated rings. The van der Waals surface area contributed by atoms with Crippen molar-refractivity contribution in [3.8, 4) is 0 Å². The minimum atomic E-state index is -0.983. The summed E-state index contributed by atoms with van der Waals surface area (Å²) in [6.45, 7) is 0. The van der Waals surface area contributed by atoms with Gasteiger partial charge in [0.1, 0.15) is 5.69 Å². The number of benzene rings is 1. The molecule has 1 aromatic rings. The Morgan fingerprint density at radius 1 is 1.33 bits per heavy atom. The normalized spacial score (nSPS) is 9.25. The van der Waals surface area contributed by atoms with Gasteiger partial charge in [-0.15, -0.1) is 0 Å². The smallest absolute Gasteiger partial charge is 0.211 e. The first-order valence-electron chi connectivity index (χ1n) is 2.87. The van der Waals surface area contributed by atoms with Crippen LogP contribution in [0.2, 0.25) is 5.02 Å². The maximum absolute atomic E-state index is 12.7. The van der Waals surface area contributed by atoms with Gasteiger partial charge in [0.2, 0.25) is 6.08 Å². The van der Waals surface area contributed by atoms with Crippen LogP contribution in [0.4, 0.5) is 14.5 Å². The molecule has 1 aromatic carbocycles. The van der Waals surface area contributed by atoms with Crippen molar-refractivity contribution in [3.63, 3.8) is 0 Å². The van der Waals surface area contributed by atoms with Crippen LogP contribution in [0.15, 0.2) is 17.1 Å². The van der Waals surface area contributed by atoms with E-state index in [1.54, 1.807) is 0 Å². The molecule has 0 spiro atoms. The van der Waals surface area contributed by atoms with Gasteiger partial charge in [0, 0.05) is 5.02 Å². The van der Waals surface area contributed by atoms with Crippen LogP contribution >= 0.6 is 11.6 Å². The zero-order valence-corrected chi connectivity index (χ0v) is 6.40. The SMILES string of the molecule is O=C=Nc1c(F)cc(Cl)cc1F. The highest BCUT2D eigenvalue weighted by Crippen LogP contribution is 2.25. The molecule has 0 atom stereocenters. The van der Waals surface area contributed by atoms with Gasteiger partial charge in [-0.3, -0.25) is 0 Å². The molecule has 0 aliphatic carbocycles. The highest BCUT2D eigenvalue weighted by molar-refractivity contribution is 6.30. The van der Waals surface area contributed by atoms with E-state index < -0.39 is 17.3 Å². The van der Waals surface area contributed by atoms with Gasteiger partial charge in [-0.1, -0.05) is 11.6 Å². The van der Waals surface area contributed by atoms with Gasteiger partial charge in [-0.2, -0.15) is 4.99 Å². The average molecular weight is 190 g/mol. The summed E-state index contributed by atoms with van der Waals surface area (Å²) in [6, 6.07) is 1.72. The Hall–Kier alpha value is -1.25. The summed E-state index contributed by atoms with van der Waals surface area (Å²) in [7, 11) is 0. The molecule has 0 saturated carbocycles. The third kappa shape index (κ3) is 1.67. The lowest BCUT2D eigenvalue weighted by atomic mass is 10.3. The minimum Gasteiger partial charge on any atom is -0.211 e. The maximum atomic E-state index is 12.7. The Bertz CT molecular complexity index is 337. The fourth-order valence-electron chi connectivity index (χ4n) is 0.687. The third-order valence-electron chi connectivity index (χ3n) is 1.14. The molecule has 5 heteroatoms. The van der Waals surface area contributed by atoms with Crippen molar-refractivity contribution < 1.29 is 13.6 Å². The van der Waals surface area contributed by atoms with Crippen LogP contribution in [0.25, 0.3) is 0 Å². The number of isocyanates is 1. The van der Waals surface area contributed by atoms with E-state index in [9.17, 15) is 13.6 Å². The van der Waals surface area contributed by atoms with Crippen LogP contribution in [0.5, 0.6) is 0 Å². The number of carbonyl (C=O) groups excluding carboxylic acids is 1. The second-order valence-electron chi connectivity index (χ2n) is 1.92. The predicted octanol–water partition coefficient (Wildman–Crippen LogP) is 2.59. The quantitative estimate of drug-likeness (QED) is 0.493. The van der Waals surface area contributed by atoms with Crippen molar-refractivity contribution in [2.45, 2.75) is 0 Å². The van der Waals surface area contributed by atoms with Crippen molar-refractivity contribution in [1.82, 2.24) is 0 Å². The standard InChI is InChI=1S/C7H2ClF2NO/c8-4-1-5(9)7(11-3-12)6(10)2-4/h1-2H. The van der Waals surface area contributed by atoms with Gasteiger partial charge in [0.15, 0.2) is 11.6 Å². The summed E-state index contributed by atoms with van der Waals surface area (Å²) in [5, 5.41) is -0.0881. The first kappa shape index (κ1) is 8.84. The fraction of sp³-hybridized carbons (Fsp3) is 0. The van der Waals surface area contributed by atoms with Crippen LogP contribution in [-0.4, -0.2) is 6.08 Å². The van der Waals surface area contributed by atoms with Gasteiger partial charge in [-0.05, 0) is 12.1 Å². The van der Waals surface area contributed by atoms with Crippen LogP contribution < -0.4 is 0 Å². The highest BCUT2D eigenvalue weighted by atomic mass is 35.5. The number of aliphatic imine (C=N–C) groups is 1. The Labute approximate surface area is 71.5 Å². The summed E-state index contributed by atoms with van der Waals surface area (Å²) in [6.07, 6.45) is 1.04. The van der Waals surface area contributed by atoms with E-state index in [0.29, 0.717) is 0 Å². The largest absolute Gasteiger partial charge is 0.240 e. The van der Waals surface area contributed by atoms with Crippen molar-refractivity contribution in [2.75, 3.05) is 0 Å². The number of halogens is 3. The Morgan fingerprint density at radius 2 is 1.83 bits per heavy atom. The van der Waals surface area contributed by atoms with E-state index in [0.717, 1.165) is 18.2 Å². The first-order valence-corrected chi connectivity index (χ1v) is 3.25. The van der Waals surface area contributed by atoms with Crippen molar-refractivity contribution >= 4 is 23.4 Å². The first-order chi connectivity index (χ1) is 5.65. The van der Waals surface area contributed by atoms with Gasteiger partial charge >= 0.3 is 0 Å². The molecule has 2 nitrogen and oxygen atoms in total. The molecule has 0 aliphatic heterocycles. The zero-order chi connectivity index (χ0) is 9.14. The predicted molar refractivity (Wildman–Crippen MR) is 39.1 cm³/mol. The Kier molecular flexibility index (Phi) is 2.53. The van der Waals surface area contributed by atoms with E-state index in [1.165, 1.54) is 0 Å². The second kappa shape index (κ2) is 3.43. The molecule has 0 bridgehead atoms. The van der Waals surface area contributed by atoms with Gasteiger partial charge in [0.05, 0.1) is 0 Å². The van der Waals surface area contributed by atoms with Crippen molar-refractivity contribution in [3.05, 3.63) is 28.8 Å². The summed E-state index contributed by atoms with van der Waals surface area (Å²) in [5.74, 6) is -1.97. The molecule has 0 saturated heterocycles.